The molecule has 0 aromatic heterocycles. The van der Waals surface area contributed by atoms with E-state index in [0.29, 0.717) is 0 Å². The highest BCUT2D eigenvalue weighted by Gasteiger charge is 2.30. The van der Waals surface area contributed by atoms with E-state index in [2.05, 4.69) is 24.1 Å². The van der Waals surface area contributed by atoms with Gasteiger partial charge in [0.05, 0.1) is 0 Å². The summed E-state index contributed by atoms with van der Waals surface area (Å²) < 4.78 is 0. The second-order valence-corrected chi connectivity index (χ2v) is 6.12. The number of hydrogen-bond acceptors (Lipinski definition) is 2. The van der Waals surface area contributed by atoms with Gasteiger partial charge in [-0.15, -0.1) is 0 Å². The second kappa shape index (κ2) is 6.75. The number of unbranched alkanes of at least 4 members (excludes halogenated alkanes) is 3. The molecule has 3 atom stereocenters. The van der Waals surface area contributed by atoms with Gasteiger partial charge in [0.15, 0.2) is 0 Å². The average molecular weight is 238 g/mol. The van der Waals surface area contributed by atoms with Gasteiger partial charge < -0.3 is 5.32 Å². The zero-order chi connectivity index (χ0) is 12.1. The lowest BCUT2D eigenvalue weighted by Gasteiger charge is -2.30. The highest BCUT2D eigenvalue weighted by atomic mass is 15.2. The summed E-state index contributed by atoms with van der Waals surface area (Å²) in [6, 6.07) is 2.42. The Morgan fingerprint density at radius 2 is 1.94 bits per heavy atom. The Morgan fingerprint density at radius 3 is 2.76 bits per heavy atom. The zero-order valence-corrected chi connectivity index (χ0v) is 11.8. The molecule has 0 radical (unpaired) electrons. The van der Waals surface area contributed by atoms with E-state index < -0.39 is 0 Å². The van der Waals surface area contributed by atoms with Crippen LogP contribution < -0.4 is 5.32 Å². The van der Waals surface area contributed by atoms with Crippen LogP contribution in [0.5, 0.6) is 0 Å². The van der Waals surface area contributed by atoms with Gasteiger partial charge in [-0.25, -0.2) is 0 Å². The Labute approximate surface area is 107 Å². The highest BCUT2D eigenvalue weighted by molar-refractivity contribution is 4.90. The van der Waals surface area contributed by atoms with E-state index in [-0.39, 0.29) is 0 Å². The standard InChI is InChI=1S/C15H30N2/c1-3-4-5-6-7-13(2)17-11-10-14-8-9-15(12-17)16-14/h13-16H,3-12H2,1-2H3. The Kier molecular flexibility index (Phi) is 5.30. The average Bonchev–Trinajstić information content (AvgIpc) is 2.64. The lowest BCUT2D eigenvalue weighted by Crippen LogP contribution is -2.40. The lowest BCUT2D eigenvalue weighted by molar-refractivity contribution is 0.186. The van der Waals surface area contributed by atoms with Crippen molar-refractivity contribution in [1.29, 1.82) is 0 Å². The first-order chi connectivity index (χ1) is 8.29. The normalized spacial score (nSPS) is 31.4. The molecule has 0 aromatic rings. The summed E-state index contributed by atoms with van der Waals surface area (Å²) in [6.07, 6.45) is 11.2. The van der Waals surface area contributed by atoms with E-state index in [1.807, 2.05) is 0 Å². The van der Waals surface area contributed by atoms with Gasteiger partial charge in [0, 0.05) is 24.7 Å². The summed E-state index contributed by atoms with van der Waals surface area (Å²) in [5.41, 5.74) is 0. The minimum atomic E-state index is 0.792. The maximum Gasteiger partial charge on any atom is 0.0198 e. The van der Waals surface area contributed by atoms with Crippen molar-refractivity contribution in [2.75, 3.05) is 13.1 Å². The predicted molar refractivity (Wildman–Crippen MR) is 74.4 cm³/mol. The summed E-state index contributed by atoms with van der Waals surface area (Å²) in [5, 5.41) is 3.77. The van der Waals surface area contributed by atoms with E-state index in [1.165, 1.54) is 64.5 Å². The number of rotatable bonds is 6. The Morgan fingerprint density at radius 1 is 1.12 bits per heavy atom. The van der Waals surface area contributed by atoms with Crippen molar-refractivity contribution in [2.45, 2.75) is 83.3 Å². The first-order valence-corrected chi connectivity index (χ1v) is 7.79. The third kappa shape index (κ3) is 3.96. The smallest absolute Gasteiger partial charge is 0.0198 e. The monoisotopic (exact) mass is 238 g/mol. The van der Waals surface area contributed by atoms with Gasteiger partial charge in [-0.05, 0) is 39.2 Å². The highest BCUT2D eigenvalue weighted by Crippen LogP contribution is 2.22. The molecule has 0 aliphatic carbocycles. The molecule has 2 saturated heterocycles. The molecule has 2 aliphatic rings. The first-order valence-electron chi connectivity index (χ1n) is 7.79. The Hall–Kier alpha value is -0.0800. The number of fused-ring (bicyclic) bond motifs is 2. The van der Waals surface area contributed by atoms with Crippen LogP contribution in [-0.2, 0) is 0 Å². The number of likely N-dealkylation sites (tertiary alicyclic amines) is 1. The summed E-state index contributed by atoms with van der Waals surface area (Å²) in [6.45, 7) is 7.35. The van der Waals surface area contributed by atoms with Crippen molar-refractivity contribution >= 4 is 0 Å². The third-order valence-electron chi connectivity index (χ3n) is 4.65. The van der Waals surface area contributed by atoms with Crippen molar-refractivity contribution in [3.63, 3.8) is 0 Å². The molecule has 2 bridgehead atoms. The molecule has 1 N–H and O–H groups in total. The van der Waals surface area contributed by atoms with E-state index in [4.69, 9.17) is 0 Å². The Bertz CT molecular complexity index is 217. The summed E-state index contributed by atoms with van der Waals surface area (Å²) in [5.74, 6) is 0. The summed E-state index contributed by atoms with van der Waals surface area (Å²) in [7, 11) is 0. The van der Waals surface area contributed by atoms with Crippen LogP contribution >= 0.6 is 0 Å². The molecule has 17 heavy (non-hydrogen) atoms. The maximum absolute atomic E-state index is 3.77. The molecule has 2 rings (SSSR count). The Balaban J connectivity index is 1.69. The fraction of sp³-hybridized carbons (Fsp3) is 1.00. The molecule has 0 saturated carbocycles. The molecular weight excluding hydrogens is 208 g/mol. The van der Waals surface area contributed by atoms with Gasteiger partial charge in [0.1, 0.15) is 0 Å². The van der Waals surface area contributed by atoms with Crippen LogP contribution in [0.4, 0.5) is 0 Å². The summed E-state index contributed by atoms with van der Waals surface area (Å²) >= 11 is 0. The summed E-state index contributed by atoms with van der Waals surface area (Å²) in [4.78, 5) is 2.74. The van der Waals surface area contributed by atoms with Crippen LogP contribution in [0.2, 0.25) is 0 Å². The molecule has 3 unspecified atom stereocenters. The van der Waals surface area contributed by atoms with Crippen LogP contribution in [0.3, 0.4) is 0 Å². The first kappa shape index (κ1) is 13.4. The van der Waals surface area contributed by atoms with Crippen molar-refractivity contribution in [2.24, 2.45) is 0 Å². The minimum absolute atomic E-state index is 0.792. The lowest BCUT2D eigenvalue weighted by atomic mass is 10.0. The molecule has 100 valence electrons. The van der Waals surface area contributed by atoms with Crippen LogP contribution in [0.1, 0.15) is 65.2 Å². The quantitative estimate of drug-likeness (QED) is 0.715. The fourth-order valence-corrected chi connectivity index (χ4v) is 3.42. The molecular formula is C15H30N2. The van der Waals surface area contributed by atoms with Gasteiger partial charge in [-0.3, -0.25) is 4.90 Å². The molecule has 2 heteroatoms. The molecule has 2 aliphatic heterocycles. The largest absolute Gasteiger partial charge is 0.310 e. The van der Waals surface area contributed by atoms with E-state index in [1.54, 1.807) is 0 Å². The number of nitrogens with one attached hydrogen (secondary N) is 1. The van der Waals surface area contributed by atoms with E-state index >= 15 is 0 Å². The van der Waals surface area contributed by atoms with Crippen molar-refractivity contribution < 1.29 is 0 Å². The van der Waals surface area contributed by atoms with Gasteiger partial charge in [0.2, 0.25) is 0 Å². The van der Waals surface area contributed by atoms with Gasteiger partial charge in [0.25, 0.3) is 0 Å². The maximum atomic E-state index is 3.77. The fourth-order valence-electron chi connectivity index (χ4n) is 3.42. The number of nitrogens with zero attached hydrogens (tertiary/aromatic N) is 1. The second-order valence-electron chi connectivity index (χ2n) is 6.12. The topological polar surface area (TPSA) is 15.3 Å². The molecule has 2 heterocycles. The van der Waals surface area contributed by atoms with Crippen molar-refractivity contribution in [1.82, 2.24) is 10.2 Å². The molecule has 0 spiro atoms. The van der Waals surface area contributed by atoms with Crippen LogP contribution in [0.25, 0.3) is 0 Å². The van der Waals surface area contributed by atoms with E-state index in [9.17, 15) is 0 Å². The molecule has 0 amide bonds. The SMILES string of the molecule is CCCCCCC(C)N1CCC2CCC(C1)N2. The zero-order valence-electron chi connectivity index (χ0n) is 11.8. The van der Waals surface area contributed by atoms with Crippen molar-refractivity contribution in [3.8, 4) is 0 Å². The van der Waals surface area contributed by atoms with Crippen LogP contribution in [0.15, 0.2) is 0 Å². The van der Waals surface area contributed by atoms with E-state index in [0.717, 1.165) is 18.1 Å². The molecule has 2 fully saturated rings. The van der Waals surface area contributed by atoms with Gasteiger partial charge in [-0.1, -0.05) is 32.6 Å². The predicted octanol–water partition coefficient (Wildman–Crippen LogP) is 3.17. The minimum Gasteiger partial charge on any atom is -0.310 e. The third-order valence-corrected chi connectivity index (χ3v) is 4.65. The van der Waals surface area contributed by atoms with Crippen LogP contribution in [-0.4, -0.2) is 36.1 Å². The van der Waals surface area contributed by atoms with Gasteiger partial charge in [-0.2, -0.15) is 0 Å². The van der Waals surface area contributed by atoms with Crippen LogP contribution in [0, 0.1) is 0 Å². The number of hydrogen-bond donors (Lipinski definition) is 1. The molecule has 0 aromatic carbocycles. The van der Waals surface area contributed by atoms with Crippen molar-refractivity contribution in [3.05, 3.63) is 0 Å². The van der Waals surface area contributed by atoms with Gasteiger partial charge >= 0.3 is 0 Å². The molecule has 2 nitrogen and oxygen atoms in total.